The Labute approximate surface area is 139 Å². The summed E-state index contributed by atoms with van der Waals surface area (Å²) in [7, 11) is 0. The fraction of sp³-hybridized carbons (Fsp3) is 0.600. The van der Waals surface area contributed by atoms with Crippen molar-refractivity contribution in [1.82, 2.24) is 10.3 Å². The van der Waals surface area contributed by atoms with Crippen molar-refractivity contribution in [2.75, 3.05) is 12.3 Å². The molecule has 4 nitrogen and oxygen atoms in total. The fourth-order valence-corrected chi connectivity index (χ4v) is 3.11. The van der Waals surface area contributed by atoms with Crippen molar-refractivity contribution >= 4 is 33.7 Å². The number of pyridine rings is 1. The van der Waals surface area contributed by atoms with E-state index in [2.05, 4.69) is 26.2 Å². The second-order valence-corrected chi connectivity index (χ2v) is 6.97. The molecule has 6 heteroatoms. The molecule has 2 N–H and O–H groups in total. The van der Waals surface area contributed by atoms with Gasteiger partial charge in [-0.3, -0.25) is 4.79 Å². The van der Waals surface area contributed by atoms with Gasteiger partial charge in [-0.15, -0.1) is 11.8 Å². The molecule has 0 aliphatic rings. The molecule has 1 atom stereocenters. The van der Waals surface area contributed by atoms with E-state index in [4.69, 9.17) is 0 Å². The van der Waals surface area contributed by atoms with Gasteiger partial charge in [-0.2, -0.15) is 0 Å². The van der Waals surface area contributed by atoms with Crippen molar-refractivity contribution in [2.45, 2.75) is 50.1 Å². The Morgan fingerprint density at radius 2 is 2.24 bits per heavy atom. The fourth-order valence-electron chi connectivity index (χ4n) is 2.09. The minimum absolute atomic E-state index is 0.601. The van der Waals surface area contributed by atoms with Crippen molar-refractivity contribution in [3.8, 4) is 0 Å². The van der Waals surface area contributed by atoms with Gasteiger partial charge in [0.05, 0.1) is 5.03 Å². The Bertz CT molecular complexity index is 442. The molecule has 118 valence electrons. The normalized spacial score (nSPS) is 13.9. The summed E-state index contributed by atoms with van der Waals surface area (Å²) in [6, 6.07) is 3.93. The maximum absolute atomic E-state index is 11.6. The molecule has 1 rings (SSSR count). The predicted octanol–water partition coefficient (Wildman–Crippen LogP) is 3.95. The van der Waals surface area contributed by atoms with Gasteiger partial charge in [-0.05, 0) is 66.0 Å². The third-order valence-electron chi connectivity index (χ3n) is 3.42. The Kier molecular flexibility index (Phi) is 8.29. The van der Waals surface area contributed by atoms with Crippen LogP contribution in [0.2, 0.25) is 0 Å². The van der Waals surface area contributed by atoms with Crippen LogP contribution in [0.5, 0.6) is 0 Å². The number of hydrogen-bond acceptors (Lipinski definition) is 4. The first-order valence-electron chi connectivity index (χ1n) is 7.27. The summed E-state index contributed by atoms with van der Waals surface area (Å²) >= 11 is 5.02. The van der Waals surface area contributed by atoms with Gasteiger partial charge in [0, 0.05) is 10.7 Å². The minimum Gasteiger partial charge on any atom is -0.480 e. The van der Waals surface area contributed by atoms with E-state index in [9.17, 15) is 9.90 Å². The largest absolute Gasteiger partial charge is 0.480 e. The van der Waals surface area contributed by atoms with Crippen molar-refractivity contribution in [3.05, 3.63) is 22.8 Å². The van der Waals surface area contributed by atoms with Crippen LogP contribution in [-0.2, 0) is 4.79 Å². The van der Waals surface area contributed by atoms with E-state index in [1.165, 1.54) is 0 Å². The molecular weight excluding hydrogens is 352 g/mol. The van der Waals surface area contributed by atoms with Gasteiger partial charge in [0.1, 0.15) is 5.54 Å². The summed E-state index contributed by atoms with van der Waals surface area (Å²) in [6.07, 6.45) is 4.80. The number of aromatic nitrogens is 1. The van der Waals surface area contributed by atoms with Gasteiger partial charge in [-0.1, -0.05) is 13.8 Å². The van der Waals surface area contributed by atoms with E-state index in [1.54, 1.807) is 18.0 Å². The highest BCUT2D eigenvalue weighted by atomic mass is 79.9. The number of carbonyl (C=O) groups is 1. The van der Waals surface area contributed by atoms with Crippen LogP contribution in [0.15, 0.2) is 27.8 Å². The van der Waals surface area contributed by atoms with Crippen molar-refractivity contribution in [3.63, 3.8) is 0 Å². The zero-order valence-electron chi connectivity index (χ0n) is 12.6. The zero-order valence-corrected chi connectivity index (χ0v) is 15.0. The highest BCUT2D eigenvalue weighted by Crippen LogP contribution is 2.23. The number of carboxylic acids is 1. The Morgan fingerprint density at radius 1 is 1.48 bits per heavy atom. The average Bonchev–Trinajstić information content (AvgIpc) is 2.48. The van der Waals surface area contributed by atoms with Crippen molar-refractivity contribution in [1.29, 1.82) is 0 Å². The highest BCUT2D eigenvalue weighted by molar-refractivity contribution is 9.10. The van der Waals surface area contributed by atoms with Crippen LogP contribution in [0.3, 0.4) is 0 Å². The van der Waals surface area contributed by atoms with Crippen LogP contribution >= 0.6 is 27.7 Å². The lowest BCUT2D eigenvalue weighted by molar-refractivity contribution is -0.145. The van der Waals surface area contributed by atoms with E-state index in [0.717, 1.165) is 34.6 Å². The third-order valence-corrected chi connectivity index (χ3v) is 4.92. The Hall–Kier alpha value is -0.590. The molecule has 0 bridgehead atoms. The summed E-state index contributed by atoms with van der Waals surface area (Å²) < 4.78 is 0.964. The predicted molar refractivity (Wildman–Crippen MR) is 90.8 cm³/mol. The summed E-state index contributed by atoms with van der Waals surface area (Å²) in [5.74, 6) is 0.127. The number of rotatable bonds is 10. The third kappa shape index (κ3) is 5.96. The monoisotopic (exact) mass is 374 g/mol. The average molecular weight is 375 g/mol. The number of aliphatic carboxylic acids is 1. The van der Waals surface area contributed by atoms with Crippen LogP contribution in [0.25, 0.3) is 0 Å². The first-order valence-corrected chi connectivity index (χ1v) is 9.04. The molecule has 0 saturated carbocycles. The molecule has 0 aliphatic carbocycles. The summed E-state index contributed by atoms with van der Waals surface area (Å²) in [6.45, 7) is 4.71. The van der Waals surface area contributed by atoms with E-state index in [-0.39, 0.29) is 0 Å². The lowest BCUT2D eigenvalue weighted by Gasteiger charge is -2.29. The van der Waals surface area contributed by atoms with Crippen LogP contribution in [0, 0.1) is 0 Å². The first kappa shape index (κ1) is 18.5. The highest BCUT2D eigenvalue weighted by Gasteiger charge is 2.35. The SMILES string of the molecule is CCCNC(CC)(CCCSc1ccc(Br)cn1)C(=O)O. The number of nitrogens with one attached hydrogen (secondary N) is 1. The number of halogens is 1. The van der Waals surface area contributed by atoms with Gasteiger partial charge in [0.2, 0.25) is 0 Å². The molecule has 21 heavy (non-hydrogen) atoms. The maximum atomic E-state index is 11.6. The summed E-state index contributed by atoms with van der Waals surface area (Å²) in [5, 5.41) is 13.7. The molecule has 1 unspecified atom stereocenters. The summed E-state index contributed by atoms with van der Waals surface area (Å²) in [5.41, 5.74) is -0.788. The first-order chi connectivity index (χ1) is 10.0. The molecule has 0 aromatic carbocycles. The lowest BCUT2D eigenvalue weighted by Crippen LogP contribution is -2.52. The van der Waals surface area contributed by atoms with Crippen LogP contribution in [0.4, 0.5) is 0 Å². The molecular formula is C15H23BrN2O2S. The van der Waals surface area contributed by atoms with Crippen LogP contribution < -0.4 is 5.32 Å². The van der Waals surface area contributed by atoms with Crippen LogP contribution in [-0.4, -0.2) is 33.9 Å². The zero-order chi connectivity index (χ0) is 15.7. The molecule has 0 spiro atoms. The van der Waals surface area contributed by atoms with E-state index in [1.807, 2.05) is 26.0 Å². The quantitative estimate of drug-likeness (QED) is 0.479. The van der Waals surface area contributed by atoms with Gasteiger partial charge in [0.25, 0.3) is 0 Å². The number of carboxylic acid groups (broad SMARTS) is 1. The molecule has 0 aliphatic heterocycles. The summed E-state index contributed by atoms with van der Waals surface area (Å²) in [4.78, 5) is 15.9. The molecule has 0 fully saturated rings. The molecule has 0 saturated heterocycles. The maximum Gasteiger partial charge on any atom is 0.323 e. The number of nitrogens with zero attached hydrogens (tertiary/aromatic N) is 1. The second-order valence-electron chi connectivity index (χ2n) is 4.93. The van der Waals surface area contributed by atoms with E-state index < -0.39 is 11.5 Å². The van der Waals surface area contributed by atoms with E-state index in [0.29, 0.717) is 12.8 Å². The Balaban J connectivity index is 2.46. The van der Waals surface area contributed by atoms with Crippen LogP contribution in [0.1, 0.15) is 39.5 Å². The number of hydrogen-bond donors (Lipinski definition) is 2. The van der Waals surface area contributed by atoms with Gasteiger partial charge in [0.15, 0.2) is 0 Å². The Morgan fingerprint density at radius 3 is 2.76 bits per heavy atom. The number of thioether (sulfide) groups is 1. The van der Waals surface area contributed by atoms with Crippen molar-refractivity contribution < 1.29 is 9.90 Å². The second kappa shape index (κ2) is 9.43. The topological polar surface area (TPSA) is 62.2 Å². The van der Waals surface area contributed by atoms with Gasteiger partial charge < -0.3 is 10.4 Å². The minimum atomic E-state index is -0.788. The van der Waals surface area contributed by atoms with Crippen molar-refractivity contribution in [2.24, 2.45) is 0 Å². The van der Waals surface area contributed by atoms with Gasteiger partial charge in [-0.25, -0.2) is 4.98 Å². The molecule has 0 amide bonds. The standard InChI is InChI=1S/C15H23BrN2O2S/c1-3-9-18-15(4-2,14(19)20)8-5-10-21-13-7-6-12(16)11-17-13/h6-7,11,18H,3-5,8-10H2,1-2H3,(H,19,20). The molecule has 1 aromatic heterocycles. The molecule has 1 heterocycles. The molecule has 0 radical (unpaired) electrons. The smallest absolute Gasteiger partial charge is 0.323 e. The molecule has 1 aromatic rings. The lowest BCUT2D eigenvalue weighted by atomic mass is 9.90. The van der Waals surface area contributed by atoms with Gasteiger partial charge >= 0.3 is 5.97 Å². The van der Waals surface area contributed by atoms with E-state index >= 15 is 0 Å².